The standard InChI is InChI=1S/C24H25ClN4O2/c1-17-13-20(28-23-7-2-3-10-26-23)15-21(27-17)22-16-29(11-12-31-22)24(30)9-8-18-5-4-6-19(25)14-18/h2-7,10,13-15,22H,8-9,11-12,16H2,1H3,(H,26,27,28). The lowest BCUT2D eigenvalue weighted by atomic mass is 10.1. The molecule has 1 amide bonds. The maximum atomic E-state index is 12.8. The predicted molar refractivity (Wildman–Crippen MR) is 122 cm³/mol. The molecule has 0 bridgehead atoms. The van der Waals surface area contributed by atoms with Crippen LogP contribution in [-0.2, 0) is 16.0 Å². The van der Waals surface area contributed by atoms with Crippen LogP contribution in [0.2, 0.25) is 5.02 Å². The summed E-state index contributed by atoms with van der Waals surface area (Å²) in [6.07, 6.45) is 2.60. The number of anilines is 2. The van der Waals surface area contributed by atoms with Gasteiger partial charge in [0.25, 0.3) is 0 Å². The number of halogens is 1. The first-order valence-electron chi connectivity index (χ1n) is 10.4. The lowest BCUT2D eigenvalue weighted by Crippen LogP contribution is -2.42. The number of hydrogen-bond donors (Lipinski definition) is 1. The van der Waals surface area contributed by atoms with Crippen molar-refractivity contribution in [2.45, 2.75) is 25.9 Å². The number of morpholine rings is 1. The largest absolute Gasteiger partial charge is 0.368 e. The van der Waals surface area contributed by atoms with Crippen LogP contribution < -0.4 is 5.32 Å². The normalized spacial score (nSPS) is 16.2. The summed E-state index contributed by atoms with van der Waals surface area (Å²) < 4.78 is 5.97. The number of benzene rings is 1. The second-order valence-electron chi connectivity index (χ2n) is 7.59. The zero-order valence-electron chi connectivity index (χ0n) is 17.4. The summed E-state index contributed by atoms with van der Waals surface area (Å²) in [5.41, 5.74) is 3.65. The van der Waals surface area contributed by atoms with E-state index in [1.165, 1.54) is 0 Å². The minimum absolute atomic E-state index is 0.118. The minimum atomic E-state index is -0.256. The molecule has 0 radical (unpaired) electrons. The number of hydrogen-bond acceptors (Lipinski definition) is 5. The van der Waals surface area contributed by atoms with Gasteiger partial charge < -0.3 is 15.0 Å². The summed E-state index contributed by atoms with van der Waals surface area (Å²) in [5.74, 6) is 0.884. The fourth-order valence-corrected chi connectivity index (χ4v) is 3.89. The van der Waals surface area contributed by atoms with Crippen LogP contribution in [0.3, 0.4) is 0 Å². The number of rotatable bonds is 6. The Morgan fingerprint density at radius 1 is 1.23 bits per heavy atom. The number of aryl methyl sites for hydroxylation is 2. The molecule has 1 aliphatic rings. The van der Waals surface area contributed by atoms with Gasteiger partial charge in [0.05, 0.1) is 18.8 Å². The maximum absolute atomic E-state index is 12.8. The number of carbonyl (C=O) groups is 1. The first kappa shape index (κ1) is 21.3. The molecule has 1 atom stereocenters. The van der Waals surface area contributed by atoms with Gasteiger partial charge in [0.1, 0.15) is 11.9 Å². The highest BCUT2D eigenvalue weighted by atomic mass is 35.5. The van der Waals surface area contributed by atoms with Gasteiger partial charge in [-0.2, -0.15) is 0 Å². The molecule has 1 aliphatic heterocycles. The molecule has 1 unspecified atom stereocenters. The third kappa shape index (κ3) is 5.81. The van der Waals surface area contributed by atoms with Gasteiger partial charge in [-0.3, -0.25) is 9.78 Å². The van der Waals surface area contributed by atoms with Crippen molar-refractivity contribution in [1.82, 2.24) is 14.9 Å². The average Bonchev–Trinajstić information content (AvgIpc) is 2.78. The van der Waals surface area contributed by atoms with E-state index in [1.54, 1.807) is 6.20 Å². The number of carbonyl (C=O) groups excluding carboxylic acids is 1. The van der Waals surface area contributed by atoms with Crippen molar-refractivity contribution in [2.75, 3.05) is 25.0 Å². The van der Waals surface area contributed by atoms with E-state index in [2.05, 4.69) is 15.3 Å². The molecule has 1 fully saturated rings. The third-order valence-electron chi connectivity index (χ3n) is 5.18. The van der Waals surface area contributed by atoms with Gasteiger partial charge in [0, 0.05) is 35.6 Å². The Bertz CT molecular complexity index is 1040. The van der Waals surface area contributed by atoms with Crippen molar-refractivity contribution >= 4 is 29.0 Å². The highest BCUT2D eigenvalue weighted by molar-refractivity contribution is 6.30. The number of aromatic nitrogens is 2. The first-order chi connectivity index (χ1) is 15.1. The van der Waals surface area contributed by atoms with Crippen molar-refractivity contribution in [2.24, 2.45) is 0 Å². The Morgan fingerprint density at radius 3 is 2.94 bits per heavy atom. The van der Waals surface area contributed by atoms with Crippen molar-refractivity contribution in [1.29, 1.82) is 0 Å². The summed E-state index contributed by atoms with van der Waals surface area (Å²) in [6, 6.07) is 17.3. The number of nitrogens with zero attached hydrogens (tertiary/aromatic N) is 3. The van der Waals surface area contributed by atoms with Gasteiger partial charge in [0.2, 0.25) is 5.91 Å². The maximum Gasteiger partial charge on any atom is 0.223 e. The lowest BCUT2D eigenvalue weighted by molar-refractivity contribution is -0.139. The number of amides is 1. The molecule has 0 aliphatic carbocycles. The molecule has 6 nitrogen and oxygen atoms in total. The highest BCUT2D eigenvalue weighted by Gasteiger charge is 2.26. The number of pyridine rings is 2. The fourth-order valence-electron chi connectivity index (χ4n) is 3.67. The van der Waals surface area contributed by atoms with Crippen molar-refractivity contribution < 1.29 is 9.53 Å². The number of ether oxygens (including phenoxy) is 1. The molecule has 3 aromatic rings. The van der Waals surface area contributed by atoms with Crippen LogP contribution in [0, 0.1) is 6.92 Å². The summed E-state index contributed by atoms with van der Waals surface area (Å²) in [7, 11) is 0. The number of nitrogens with one attached hydrogen (secondary N) is 1. The van der Waals surface area contributed by atoms with E-state index >= 15 is 0 Å². The Morgan fingerprint density at radius 2 is 2.13 bits per heavy atom. The minimum Gasteiger partial charge on any atom is -0.368 e. The molecular formula is C24H25ClN4O2. The van der Waals surface area contributed by atoms with E-state index in [9.17, 15) is 4.79 Å². The molecular weight excluding hydrogens is 412 g/mol. The second-order valence-corrected chi connectivity index (χ2v) is 8.03. The topological polar surface area (TPSA) is 67.4 Å². The van der Waals surface area contributed by atoms with Gasteiger partial charge in [0.15, 0.2) is 0 Å². The van der Waals surface area contributed by atoms with Crippen LogP contribution in [-0.4, -0.2) is 40.5 Å². The molecule has 160 valence electrons. The van der Waals surface area contributed by atoms with E-state index in [-0.39, 0.29) is 12.0 Å². The Balaban J connectivity index is 1.41. The van der Waals surface area contributed by atoms with Gasteiger partial charge >= 0.3 is 0 Å². The predicted octanol–water partition coefficient (Wildman–Crippen LogP) is 4.71. The van der Waals surface area contributed by atoms with Crippen molar-refractivity contribution in [3.8, 4) is 0 Å². The van der Waals surface area contributed by atoms with Crippen LogP contribution in [0.1, 0.15) is 29.5 Å². The third-order valence-corrected chi connectivity index (χ3v) is 5.41. The van der Waals surface area contributed by atoms with Gasteiger partial charge in [-0.05, 0) is 55.3 Å². The molecule has 1 aromatic carbocycles. The van der Waals surface area contributed by atoms with Crippen molar-refractivity contribution in [3.63, 3.8) is 0 Å². The van der Waals surface area contributed by atoms with Crippen molar-refractivity contribution in [3.05, 3.63) is 82.8 Å². The van der Waals surface area contributed by atoms with E-state index in [0.29, 0.717) is 37.6 Å². The summed E-state index contributed by atoms with van der Waals surface area (Å²) in [6.45, 7) is 3.53. The Labute approximate surface area is 187 Å². The average molecular weight is 437 g/mol. The molecule has 0 saturated carbocycles. The van der Waals surface area contributed by atoms with Crippen LogP contribution >= 0.6 is 11.6 Å². The quantitative estimate of drug-likeness (QED) is 0.605. The summed E-state index contributed by atoms with van der Waals surface area (Å²) >= 11 is 6.04. The van der Waals surface area contributed by atoms with Crippen LogP contribution in [0.25, 0.3) is 0 Å². The van der Waals surface area contributed by atoms with E-state index in [0.717, 1.165) is 28.5 Å². The molecule has 4 rings (SSSR count). The molecule has 2 aromatic heterocycles. The van der Waals surface area contributed by atoms with Crippen LogP contribution in [0.5, 0.6) is 0 Å². The zero-order chi connectivity index (χ0) is 21.6. The van der Waals surface area contributed by atoms with E-state index in [4.69, 9.17) is 16.3 Å². The smallest absolute Gasteiger partial charge is 0.223 e. The first-order valence-corrected chi connectivity index (χ1v) is 10.7. The second kappa shape index (κ2) is 9.90. The fraction of sp³-hybridized carbons (Fsp3) is 0.292. The van der Waals surface area contributed by atoms with Gasteiger partial charge in [-0.15, -0.1) is 0 Å². The van der Waals surface area contributed by atoms with Crippen LogP contribution in [0.15, 0.2) is 60.8 Å². The zero-order valence-corrected chi connectivity index (χ0v) is 18.2. The highest BCUT2D eigenvalue weighted by Crippen LogP contribution is 2.25. The Kier molecular flexibility index (Phi) is 6.79. The van der Waals surface area contributed by atoms with E-state index in [1.807, 2.05) is 66.4 Å². The van der Waals surface area contributed by atoms with Crippen LogP contribution in [0.4, 0.5) is 11.5 Å². The summed E-state index contributed by atoms with van der Waals surface area (Å²) in [4.78, 5) is 23.6. The monoisotopic (exact) mass is 436 g/mol. The molecule has 0 spiro atoms. The molecule has 1 saturated heterocycles. The summed E-state index contributed by atoms with van der Waals surface area (Å²) in [5, 5.41) is 3.99. The molecule has 31 heavy (non-hydrogen) atoms. The van der Waals surface area contributed by atoms with Gasteiger partial charge in [-0.1, -0.05) is 29.8 Å². The Hall–Kier alpha value is -2.96. The molecule has 1 N–H and O–H groups in total. The molecule has 7 heteroatoms. The van der Waals surface area contributed by atoms with E-state index < -0.39 is 0 Å². The van der Waals surface area contributed by atoms with Gasteiger partial charge in [-0.25, -0.2) is 4.98 Å². The molecule has 3 heterocycles. The SMILES string of the molecule is Cc1cc(Nc2ccccn2)cc(C2CN(C(=O)CCc3cccc(Cl)c3)CCO2)n1. The lowest BCUT2D eigenvalue weighted by Gasteiger charge is -2.33.